The smallest absolute Gasteiger partial charge is 0.355 e. The van der Waals surface area contributed by atoms with E-state index in [2.05, 4.69) is 9.97 Å². The number of aromatic nitrogens is 2. The predicted molar refractivity (Wildman–Crippen MR) is 172 cm³/mol. The number of piperidine rings is 1. The van der Waals surface area contributed by atoms with Gasteiger partial charge in [0, 0.05) is 60.0 Å². The lowest BCUT2D eigenvalue weighted by Gasteiger charge is -2.25. The molecule has 1 saturated heterocycles. The average Bonchev–Trinajstić information content (AvgIpc) is 3.67. The van der Waals surface area contributed by atoms with Gasteiger partial charge in [-0.15, -0.1) is 22.7 Å². The van der Waals surface area contributed by atoms with Gasteiger partial charge in [-0.3, -0.25) is 25.0 Å². The van der Waals surface area contributed by atoms with E-state index in [0.717, 1.165) is 53.2 Å². The van der Waals surface area contributed by atoms with Crippen molar-refractivity contribution in [2.24, 2.45) is 0 Å². The molecule has 1 N–H and O–H groups in total. The van der Waals surface area contributed by atoms with Crippen LogP contribution in [0.1, 0.15) is 83.6 Å². The molecule has 0 atom stereocenters. The number of hydrogen-bond acceptors (Lipinski definition) is 10. The largest absolute Gasteiger partial charge is 0.476 e. The number of carboxylic acid groups (broad SMARTS) is 1. The number of nitro benzene ring substituents is 2. The summed E-state index contributed by atoms with van der Waals surface area (Å²) in [5.41, 5.74) is 5.61. The van der Waals surface area contributed by atoms with E-state index in [1.54, 1.807) is 32.9 Å². The Balaban J connectivity index is 0.000000210. The fourth-order valence-electron chi connectivity index (χ4n) is 5.06. The number of thiazole rings is 2. The van der Waals surface area contributed by atoms with Crippen LogP contribution in [0.2, 0.25) is 0 Å². The van der Waals surface area contributed by atoms with Crippen molar-refractivity contribution in [2.75, 3.05) is 13.1 Å². The Hall–Kier alpha value is -4.56. The number of nitrogens with zero attached hydrogens (tertiary/aromatic N) is 5. The van der Waals surface area contributed by atoms with E-state index in [1.165, 1.54) is 40.5 Å². The third-order valence-corrected chi connectivity index (χ3v) is 9.27. The van der Waals surface area contributed by atoms with Crippen molar-refractivity contribution < 1.29 is 24.5 Å². The molecule has 0 unspecified atom stereocenters. The monoisotopic (exact) mass is 651 g/mol. The van der Waals surface area contributed by atoms with Crippen molar-refractivity contribution in [3.05, 3.63) is 110 Å². The molecule has 1 aliphatic rings. The van der Waals surface area contributed by atoms with Crippen LogP contribution >= 0.6 is 22.7 Å². The lowest BCUT2D eigenvalue weighted by Crippen LogP contribution is -2.35. The number of aromatic carboxylic acids is 1. The Bertz CT molecular complexity index is 1760. The zero-order valence-corrected chi connectivity index (χ0v) is 27.0. The van der Waals surface area contributed by atoms with Gasteiger partial charge in [0.1, 0.15) is 5.69 Å². The molecule has 14 heteroatoms. The quantitative estimate of drug-likeness (QED) is 0.158. The molecule has 1 amide bonds. The van der Waals surface area contributed by atoms with E-state index < -0.39 is 10.9 Å². The van der Waals surface area contributed by atoms with Crippen LogP contribution in [0.5, 0.6) is 0 Å². The molecule has 0 aliphatic carbocycles. The molecule has 4 aromatic rings. The number of carboxylic acids is 1. The molecule has 5 rings (SSSR count). The summed E-state index contributed by atoms with van der Waals surface area (Å²) >= 11 is 2.74. The average molecular weight is 652 g/mol. The first-order valence-electron chi connectivity index (χ1n) is 14.2. The first-order valence-corrected chi connectivity index (χ1v) is 16.0. The summed E-state index contributed by atoms with van der Waals surface area (Å²) in [4.78, 5) is 54.8. The number of hydrogen-bond donors (Lipinski definition) is 1. The van der Waals surface area contributed by atoms with Gasteiger partial charge in [-0.25, -0.2) is 14.8 Å². The van der Waals surface area contributed by atoms with E-state index in [9.17, 15) is 29.8 Å². The maximum absolute atomic E-state index is 12.5. The Labute approximate surface area is 267 Å². The minimum atomic E-state index is -1.05. The van der Waals surface area contributed by atoms with Gasteiger partial charge in [-0.2, -0.15) is 0 Å². The van der Waals surface area contributed by atoms with Gasteiger partial charge < -0.3 is 10.0 Å². The molecule has 3 heterocycles. The standard InChI is InChI=1S/C18H21N3O3S.C13H12N2O4S/c1-12-9-16(21(23)24)13(2)8-14(12)10-17-19-15(11-25-17)18(22)20-6-4-3-5-7-20;1-7-4-11(15(18)19)8(2)3-9(7)5-12-14-10(6-20-12)13(16)17/h8-9,11H,3-7,10H2,1-2H3;3-4,6H,5H2,1-2H3,(H,16,17). The minimum absolute atomic E-state index is 0.0128. The third kappa shape index (κ3) is 8.34. The van der Waals surface area contributed by atoms with Gasteiger partial charge in [0.25, 0.3) is 17.3 Å². The van der Waals surface area contributed by atoms with Crippen LogP contribution in [0.15, 0.2) is 35.0 Å². The van der Waals surface area contributed by atoms with Crippen LogP contribution in [0.25, 0.3) is 0 Å². The highest BCUT2D eigenvalue weighted by Crippen LogP contribution is 2.27. The Morgan fingerprint density at radius 1 is 0.756 bits per heavy atom. The molecule has 12 nitrogen and oxygen atoms in total. The van der Waals surface area contributed by atoms with Crippen molar-refractivity contribution in [1.82, 2.24) is 14.9 Å². The van der Waals surface area contributed by atoms with Crippen LogP contribution in [0, 0.1) is 47.9 Å². The summed E-state index contributed by atoms with van der Waals surface area (Å²) in [6.45, 7) is 8.72. The van der Waals surface area contributed by atoms with Crippen molar-refractivity contribution in [1.29, 1.82) is 0 Å². The number of aryl methyl sites for hydroxylation is 4. The highest BCUT2D eigenvalue weighted by Gasteiger charge is 2.21. The molecule has 2 aromatic heterocycles. The SMILES string of the molecule is Cc1cc([N+](=O)[O-])c(C)cc1Cc1nc(C(=O)N2CCCCC2)cs1.Cc1cc([N+](=O)[O-])c(C)cc1Cc1nc(C(=O)O)cs1. The number of nitro groups is 2. The lowest BCUT2D eigenvalue weighted by molar-refractivity contribution is -0.385. The van der Waals surface area contributed by atoms with Crippen molar-refractivity contribution in [3.8, 4) is 0 Å². The number of benzene rings is 2. The van der Waals surface area contributed by atoms with E-state index in [1.807, 2.05) is 23.3 Å². The molecule has 1 aliphatic heterocycles. The highest BCUT2D eigenvalue weighted by molar-refractivity contribution is 7.10. The van der Waals surface area contributed by atoms with Crippen molar-refractivity contribution in [2.45, 2.75) is 59.8 Å². The maximum atomic E-state index is 12.5. The van der Waals surface area contributed by atoms with Gasteiger partial charge in [0.15, 0.2) is 5.69 Å². The Morgan fingerprint density at radius 2 is 1.20 bits per heavy atom. The summed E-state index contributed by atoms with van der Waals surface area (Å²) < 4.78 is 0. The molecule has 45 heavy (non-hydrogen) atoms. The fraction of sp³-hybridized carbons (Fsp3) is 0.355. The molecule has 2 aromatic carbocycles. The zero-order chi connectivity index (χ0) is 32.8. The predicted octanol–water partition coefficient (Wildman–Crippen LogP) is 6.84. The number of rotatable bonds is 8. The molecular weight excluding hydrogens is 619 g/mol. The zero-order valence-electron chi connectivity index (χ0n) is 25.4. The van der Waals surface area contributed by atoms with E-state index >= 15 is 0 Å². The normalized spacial score (nSPS) is 12.8. The van der Waals surface area contributed by atoms with Crippen molar-refractivity contribution >= 4 is 45.9 Å². The van der Waals surface area contributed by atoms with Gasteiger partial charge in [-0.05, 0) is 81.3 Å². The van der Waals surface area contributed by atoms with E-state index in [-0.39, 0.29) is 27.9 Å². The van der Waals surface area contributed by atoms with Crippen LogP contribution in [-0.4, -0.2) is 54.8 Å². The first kappa shape index (κ1) is 33.3. The van der Waals surface area contributed by atoms with Gasteiger partial charge in [0.05, 0.1) is 19.9 Å². The van der Waals surface area contributed by atoms with Crippen LogP contribution in [-0.2, 0) is 12.8 Å². The summed E-state index contributed by atoms with van der Waals surface area (Å²) in [5.74, 6) is -1.04. The maximum Gasteiger partial charge on any atom is 0.355 e. The van der Waals surface area contributed by atoms with Gasteiger partial charge in [-0.1, -0.05) is 0 Å². The molecule has 236 valence electrons. The minimum Gasteiger partial charge on any atom is -0.476 e. The third-order valence-electron chi connectivity index (χ3n) is 7.57. The summed E-state index contributed by atoms with van der Waals surface area (Å²) in [5, 5.41) is 35.6. The highest BCUT2D eigenvalue weighted by atomic mass is 32.1. The number of amides is 1. The van der Waals surface area contributed by atoms with Gasteiger partial charge >= 0.3 is 5.97 Å². The van der Waals surface area contributed by atoms with Crippen LogP contribution in [0.3, 0.4) is 0 Å². The molecule has 0 bridgehead atoms. The molecular formula is C31H33N5O7S2. The number of likely N-dealkylation sites (tertiary alicyclic amines) is 1. The van der Waals surface area contributed by atoms with E-state index in [0.29, 0.717) is 34.7 Å². The lowest BCUT2D eigenvalue weighted by atomic mass is 10.0. The second-order valence-corrected chi connectivity index (χ2v) is 12.8. The molecule has 0 saturated carbocycles. The topological polar surface area (TPSA) is 170 Å². The molecule has 0 radical (unpaired) electrons. The fourth-order valence-corrected chi connectivity index (χ4v) is 6.64. The number of carbonyl (C=O) groups excluding carboxylic acids is 1. The first-order chi connectivity index (χ1) is 21.3. The number of carbonyl (C=O) groups is 2. The summed E-state index contributed by atoms with van der Waals surface area (Å²) in [6.07, 6.45) is 4.37. The second kappa shape index (κ2) is 14.5. The Kier molecular flexibility index (Phi) is 10.7. The molecule has 0 spiro atoms. The van der Waals surface area contributed by atoms with E-state index in [4.69, 9.17) is 5.11 Å². The summed E-state index contributed by atoms with van der Waals surface area (Å²) in [6, 6.07) is 6.75. The Morgan fingerprint density at radius 3 is 1.62 bits per heavy atom. The molecule has 1 fully saturated rings. The van der Waals surface area contributed by atoms with Crippen LogP contribution in [0.4, 0.5) is 11.4 Å². The van der Waals surface area contributed by atoms with Gasteiger partial charge in [0.2, 0.25) is 0 Å². The summed E-state index contributed by atoms with van der Waals surface area (Å²) in [7, 11) is 0. The second-order valence-electron chi connectivity index (χ2n) is 10.9. The van der Waals surface area contributed by atoms with Crippen LogP contribution < -0.4 is 0 Å². The van der Waals surface area contributed by atoms with Crippen molar-refractivity contribution in [3.63, 3.8) is 0 Å².